The molecule has 6 heteroatoms. The molecule has 3 rings (SSSR count). The lowest BCUT2D eigenvalue weighted by Gasteiger charge is -2.30. The van der Waals surface area contributed by atoms with E-state index in [0.717, 1.165) is 18.8 Å². The van der Waals surface area contributed by atoms with E-state index in [1.807, 2.05) is 61.5 Å². The smallest absolute Gasteiger partial charge is 0.316 e. The molecule has 1 N–H and O–H groups in total. The van der Waals surface area contributed by atoms with Crippen LogP contribution in [0.2, 0.25) is 0 Å². The molecule has 136 valence electrons. The highest BCUT2D eigenvalue weighted by Gasteiger charge is 2.23. The molecule has 2 aromatic rings. The molecule has 6 nitrogen and oxygen atoms in total. The minimum absolute atomic E-state index is 0.418. The lowest BCUT2D eigenvalue weighted by molar-refractivity contribution is -0.134. The Balaban J connectivity index is 1.76. The Labute approximate surface area is 153 Å². The Morgan fingerprint density at radius 2 is 1.69 bits per heavy atom. The molecule has 0 radical (unpaired) electrons. The first kappa shape index (κ1) is 17.9. The van der Waals surface area contributed by atoms with E-state index in [1.54, 1.807) is 0 Å². The van der Waals surface area contributed by atoms with Crippen LogP contribution in [0.25, 0.3) is 0 Å². The number of carbonyl (C=O) groups is 2. The molecule has 0 spiro atoms. The number of hydrogen-bond acceptors (Lipinski definition) is 4. The molecule has 2 aromatic carbocycles. The minimum Gasteiger partial charge on any atom is -0.378 e. The van der Waals surface area contributed by atoms with Crippen molar-refractivity contribution in [1.29, 1.82) is 0 Å². The molecular formula is C20H23N3O3. The van der Waals surface area contributed by atoms with Crippen LogP contribution in [-0.2, 0) is 14.3 Å². The van der Waals surface area contributed by atoms with E-state index in [9.17, 15) is 9.59 Å². The van der Waals surface area contributed by atoms with Crippen LogP contribution in [-0.4, -0.2) is 44.7 Å². The van der Waals surface area contributed by atoms with Crippen LogP contribution in [0.4, 0.5) is 17.1 Å². The molecule has 0 unspecified atom stereocenters. The average Bonchev–Trinajstić information content (AvgIpc) is 2.70. The average molecular weight is 353 g/mol. The predicted molar refractivity (Wildman–Crippen MR) is 103 cm³/mol. The van der Waals surface area contributed by atoms with Crippen molar-refractivity contribution in [3.05, 3.63) is 54.6 Å². The molecule has 1 fully saturated rings. The summed E-state index contributed by atoms with van der Waals surface area (Å²) in [7, 11) is 0. The van der Waals surface area contributed by atoms with Gasteiger partial charge in [-0.3, -0.25) is 9.59 Å². The van der Waals surface area contributed by atoms with Gasteiger partial charge in [0.25, 0.3) is 0 Å². The first-order chi connectivity index (χ1) is 12.7. The fourth-order valence-corrected chi connectivity index (χ4v) is 3.01. The Kier molecular flexibility index (Phi) is 5.86. The lowest BCUT2D eigenvalue weighted by atomic mass is 10.2. The largest absolute Gasteiger partial charge is 0.378 e. The zero-order chi connectivity index (χ0) is 18.4. The fraction of sp³-hybridized carbons (Fsp3) is 0.300. The third kappa shape index (κ3) is 4.03. The summed E-state index contributed by atoms with van der Waals surface area (Å²) in [5.41, 5.74) is 2.24. The highest BCUT2D eigenvalue weighted by Crippen LogP contribution is 2.26. The number of amides is 2. The molecule has 26 heavy (non-hydrogen) atoms. The first-order valence-electron chi connectivity index (χ1n) is 8.80. The Morgan fingerprint density at radius 3 is 2.38 bits per heavy atom. The van der Waals surface area contributed by atoms with Crippen molar-refractivity contribution in [2.24, 2.45) is 0 Å². The molecule has 1 saturated heterocycles. The quantitative estimate of drug-likeness (QED) is 0.858. The van der Waals surface area contributed by atoms with E-state index in [2.05, 4.69) is 10.2 Å². The van der Waals surface area contributed by atoms with Crippen LogP contribution in [0, 0.1) is 0 Å². The van der Waals surface area contributed by atoms with Crippen LogP contribution in [0.5, 0.6) is 0 Å². The van der Waals surface area contributed by atoms with Crippen molar-refractivity contribution in [2.45, 2.75) is 6.92 Å². The molecule has 1 aliphatic heterocycles. The van der Waals surface area contributed by atoms with Gasteiger partial charge in [0.1, 0.15) is 0 Å². The third-order valence-electron chi connectivity index (χ3n) is 4.33. The maximum atomic E-state index is 12.6. The number of rotatable bonds is 4. The number of nitrogens with zero attached hydrogens (tertiary/aromatic N) is 2. The highest BCUT2D eigenvalue weighted by molar-refractivity contribution is 6.44. The van der Waals surface area contributed by atoms with Crippen LogP contribution in [0.1, 0.15) is 6.92 Å². The van der Waals surface area contributed by atoms with Gasteiger partial charge in [0.15, 0.2) is 0 Å². The second kappa shape index (κ2) is 8.49. The van der Waals surface area contributed by atoms with Gasteiger partial charge in [-0.2, -0.15) is 0 Å². The van der Waals surface area contributed by atoms with Gasteiger partial charge < -0.3 is 19.9 Å². The SMILES string of the molecule is CCN(C(=O)C(=O)Nc1ccccc1N1CCOCC1)c1ccccc1. The second-order valence-electron chi connectivity index (χ2n) is 5.96. The van der Waals surface area contributed by atoms with Crippen molar-refractivity contribution in [1.82, 2.24) is 0 Å². The summed E-state index contributed by atoms with van der Waals surface area (Å²) in [5.74, 6) is -1.22. The zero-order valence-electron chi connectivity index (χ0n) is 14.9. The molecule has 2 amide bonds. The van der Waals surface area contributed by atoms with Gasteiger partial charge in [-0.15, -0.1) is 0 Å². The lowest BCUT2D eigenvalue weighted by Crippen LogP contribution is -2.40. The minimum atomic E-state index is -0.642. The maximum absolute atomic E-state index is 12.6. The van der Waals surface area contributed by atoms with Gasteiger partial charge in [-0.1, -0.05) is 30.3 Å². The van der Waals surface area contributed by atoms with Crippen molar-refractivity contribution < 1.29 is 14.3 Å². The number of benzene rings is 2. The van der Waals surface area contributed by atoms with Crippen molar-refractivity contribution in [2.75, 3.05) is 48.0 Å². The van der Waals surface area contributed by atoms with Gasteiger partial charge >= 0.3 is 11.8 Å². The predicted octanol–water partition coefficient (Wildman–Crippen LogP) is 2.51. The van der Waals surface area contributed by atoms with Crippen molar-refractivity contribution >= 4 is 28.9 Å². The topological polar surface area (TPSA) is 61.9 Å². The van der Waals surface area contributed by atoms with Gasteiger partial charge in [-0.25, -0.2) is 0 Å². The highest BCUT2D eigenvalue weighted by atomic mass is 16.5. The van der Waals surface area contributed by atoms with Crippen LogP contribution >= 0.6 is 0 Å². The number of morpholine rings is 1. The number of para-hydroxylation sites is 3. The van der Waals surface area contributed by atoms with E-state index < -0.39 is 11.8 Å². The molecule has 0 bridgehead atoms. The van der Waals surface area contributed by atoms with Crippen LogP contribution in [0.3, 0.4) is 0 Å². The molecule has 1 heterocycles. The number of anilines is 3. The molecule has 0 aromatic heterocycles. The number of ether oxygens (including phenoxy) is 1. The normalized spacial score (nSPS) is 14.0. The van der Waals surface area contributed by atoms with Crippen molar-refractivity contribution in [3.63, 3.8) is 0 Å². The number of nitrogens with one attached hydrogen (secondary N) is 1. The summed E-state index contributed by atoms with van der Waals surface area (Å²) in [6.45, 7) is 5.08. The summed E-state index contributed by atoms with van der Waals surface area (Å²) in [6.07, 6.45) is 0. The summed E-state index contributed by atoms with van der Waals surface area (Å²) >= 11 is 0. The van der Waals surface area contributed by atoms with Gasteiger partial charge in [0, 0.05) is 25.3 Å². The van der Waals surface area contributed by atoms with E-state index in [1.165, 1.54) is 4.90 Å². The Bertz CT molecular complexity index is 758. The molecule has 0 saturated carbocycles. The van der Waals surface area contributed by atoms with Gasteiger partial charge in [0.2, 0.25) is 0 Å². The number of hydrogen-bond donors (Lipinski definition) is 1. The standard InChI is InChI=1S/C20H23N3O3/c1-2-23(16-8-4-3-5-9-16)20(25)19(24)21-17-10-6-7-11-18(17)22-12-14-26-15-13-22/h3-11H,2,12-15H2,1H3,(H,21,24). The Hall–Kier alpha value is -2.86. The molecule has 0 atom stereocenters. The number of likely N-dealkylation sites (N-methyl/N-ethyl adjacent to an activating group) is 1. The zero-order valence-corrected chi connectivity index (χ0v) is 14.9. The summed E-state index contributed by atoms with van der Waals surface area (Å²) in [6, 6.07) is 16.7. The first-order valence-corrected chi connectivity index (χ1v) is 8.80. The Morgan fingerprint density at radius 1 is 1.04 bits per heavy atom. The summed E-state index contributed by atoms with van der Waals surface area (Å²) in [5, 5.41) is 2.78. The second-order valence-corrected chi connectivity index (χ2v) is 5.96. The molecular weight excluding hydrogens is 330 g/mol. The van der Waals surface area contributed by atoms with E-state index in [4.69, 9.17) is 4.74 Å². The third-order valence-corrected chi connectivity index (χ3v) is 4.33. The molecule has 1 aliphatic rings. The fourth-order valence-electron chi connectivity index (χ4n) is 3.01. The van der Waals surface area contributed by atoms with E-state index in [0.29, 0.717) is 31.1 Å². The summed E-state index contributed by atoms with van der Waals surface area (Å²) < 4.78 is 5.39. The summed E-state index contributed by atoms with van der Waals surface area (Å²) in [4.78, 5) is 28.8. The van der Waals surface area contributed by atoms with Gasteiger partial charge in [0.05, 0.1) is 24.6 Å². The van der Waals surface area contributed by atoms with Gasteiger partial charge in [-0.05, 0) is 31.2 Å². The van der Waals surface area contributed by atoms with E-state index >= 15 is 0 Å². The monoisotopic (exact) mass is 353 g/mol. The number of carbonyl (C=O) groups excluding carboxylic acids is 2. The van der Waals surface area contributed by atoms with Crippen LogP contribution < -0.4 is 15.1 Å². The molecule has 0 aliphatic carbocycles. The van der Waals surface area contributed by atoms with Crippen LogP contribution in [0.15, 0.2) is 54.6 Å². The van der Waals surface area contributed by atoms with Crippen molar-refractivity contribution in [3.8, 4) is 0 Å². The van der Waals surface area contributed by atoms with E-state index in [-0.39, 0.29) is 0 Å². The maximum Gasteiger partial charge on any atom is 0.316 e.